The van der Waals surface area contributed by atoms with Crippen LogP contribution < -0.4 is 16.0 Å². The van der Waals surface area contributed by atoms with Crippen molar-refractivity contribution in [3.63, 3.8) is 0 Å². The van der Waals surface area contributed by atoms with Crippen molar-refractivity contribution in [1.29, 1.82) is 5.41 Å². The van der Waals surface area contributed by atoms with Gasteiger partial charge in [-0.25, -0.2) is 4.98 Å². The first kappa shape index (κ1) is 17.7. The highest BCUT2D eigenvalue weighted by atomic mass is 35.5. The predicted molar refractivity (Wildman–Crippen MR) is 94.1 cm³/mol. The Morgan fingerprint density at radius 3 is 2.92 bits per heavy atom. The van der Waals surface area contributed by atoms with E-state index in [1.54, 1.807) is 7.11 Å². The van der Waals surface area contributed by atoms with Crippen molar-refractivity contribution in [2.45, 2.75) is 19.1 Å². The van der Waals surface area contributed by atoms with E-state index in [9.17, 15) is 0 Å². The normalized spacial score (nSPS) is 23.3. The van der Waals surface area contributed by atoms with Crippen LogP contribution in [0.1, 0.15) is 6.92 Å². The van der Waals surface area contributed by atoms with Crippen LogP contribution in [0.2, 0.25) is 5.02 Å². The molecule has 2 aliphatic heterocycles. The van der Waals surface area contributed by atoms with Crippen molar-refractivity contribution in [2.75, 3.05) is 44.1 Å². The van der Waals surface area contributed by atoms with E-state index in [0.29, 0.717) is 42.2 Å². The predicted octanol–water partition coefficient (Wildman–Crippen LogP) is 1.20. The second-order valence-electron chi connectivity index (χ2n) is 5.77. The Balaban J connectivity index is 1.91. The highest BCUT2D eigenvalue weighted by Crippen LogP contribution is 2.21. The zero-order chi connectivity index (χ0) is 17.8. The van der Waals surface area contributed by atoms with Crippen molar-refractivity contribution in [1.82, 2.24) is 15.3 Å². The fraction of sp³-hybridized carbons (Fsp3) is 0.533. The van der Waals surface area contributed by atoms with Crippen LogP contribution in [0.25, 0.3) is 0 Å². The van der Waals surface area contributed by atoms with E-state index in [2.05, 4.69) is 25.9 Å². The summed E-state index contributed by atoms with van der Waals surface area (Å²) in [6, 6.07) is 0.218. The topological polar surface area (TPSA) is 113 Å². The maximum absolute atomic E-state index is 8.28. The fourth-order valence-corrected chi connectivity index (χ4v) is 2.51. The van der Waals surface area contributed by atoms with E-state index in [-0.39, 0.29) is 24.7 Å². The van der Waals surface area contributed by atoms with Gasteiger partial charge < -0.3 is 30.2 Å². The molecular weight excluding hydrogens is 348 g/mol. The smallest absolute Gasteiger partial charge is 0.232 e. The number of allylic oxidation sites excluding steroid dienone is 1. The molecule has 3 rings (SSSR count). The third-order valence-corrected chi connectivity index (χ3v) is 4.16. The number of nitrogens with one attached hydrogen (secondary N) is 4. The lowest BCUT2D eigenvalue weighted by atomic mass is 10.2. The highest BCUT2D eigenvalue weighted by Gasteiger charge is 2.22. The summed E-state index contributed by atoms with van der Waals surface area (Å²) < 4.78 is 16.1. The Kier molecular flexibility index (Phi) is 5.57. The lowest BCUT2D eigenvalue weighted by Gasteiger charge is -2.29. The van der Waals surface area contributed by atoms with Gasteiger partial charge in [-0.2, -0.15) is 4.98 Å². The van der Waals surface area contributed by atoms with Crippen LogP contribution in [0.4, 0.5) is 11.8 Å². The Bertz CT molecular complexity index is 679. The van der Waals surface area contributed by atoms with Gasteiger partial charge >= 0.3 is 0 Å². The molecule has 0 amide bonds. The van der Waals surface area contributed by atoms with Gasteiger partial charge in [0, 0.05) is 19.4 Å². The second-order valence-corrected chi connectivity index (χ2v) is 6.18. The van der Waals surface area contributed by atoms with Crippen molar-refractivity contribution < 1.29 is 14.2 Å². The molecule has 0 aliphatic carbocycles. The number of nitrogens with zero attached hydrogens (tertiary/aromatic N) is 2. The summed E-state index contributed by atoms with van der Waals surface area (Å²) in [6.07, 6.45) is 1.24. The number of hydrogen-bond donors (Lipinski definition) is 4. The molecule has 0 spiro atoms. The van der Waals surface area contributed by atoms with Gasteiger partial charge in [0.15, 0.2) is 5.82 Å². The molecule has 1 fully saturated rings. The van der Waals surface area contributed by atoms with Gasteiger partial charge in [0.25, 0.3) is 0 Å². The molecule has 4 N–H and O–H groups in total. The summed E-state index contributed by atoms with van der Waals surface area (Å²) in [5.74, 6) is 0.790. The van der Waals surface area contributed by atoms with E-state index in [1.807, 2.05) is 6.92 Å². The molecular formula is C15H21ClN6O3. The maximum Gasteiger partial charge on any atom is 0.232 e. The molecule has 0 aromatic carbocycles. The van der Waals surface area contributed by atoms with Crippen LogP contribution in [0.15, 0.2) is 17.6 Å². The summed E-state index contributed by atoms with van der Waals surface area (Å²) in [5.41, 5.74) is 1.21. The summed E-state index contributed by atoms with van der Waals surface area (Å²) in [5, 5.41) is 18.1. The van der Waals surface area contributed by atoms with Gasteiger partial charge in [-0.1, -0.05) is 11.6 Å². The molecule has 25 heavy (non-hydrogen) atoms. The molecule has 1 aromatic heterocycles. The minimum absolute atomic E-state index is 0.0192. The molecule has 9 nitrogen and oxygen atoms in total. The van der Waals surface area contributed by atoms with E-state index >= 15 is 0 Å². The van der Waals surface area contributed by atoms with Crippen LogP contribution in [-0.4, -0.2) is 61.5 Å². The molecule has 2 aliphatic rings. The lowest BCUT2D eigenvalue weighted by molar-refractivity contribution is -0.000831. The van der Waals surface area contributed by atoms with E-state index < -0.39 is 0 Å². The van der Waals surface area contributed by atoms with Gasteiger partial charge in [-0.05, 0) is 6.92 Å². The van der Waals surface area contributed by atoms with Crippen LogP contribution in [-0.2, 0) is 14.2 Å². The van der Waals surface area contributed by atoms with Gasteiger partial charge in [-0.3, -0.25) is 5.41 Å². The van der Waals surface area contributed by atoms with Crippen LogP contribution in [0.3, 0.4) is 0 Å². The van der Waals surface area contributed by atoms with Crippen molar-refractivity contribution in [3.05, 3.63) is 22.6 Å². The van der Waals surface area contributed by atoms with Gasteiger partial charge in [0.2, 0.25) is 11.8 Å². The third kappa shape index (κ3) is 4.30. The Morgan fingerprint density at radius 1 is 1.44 bits per heavy atom. The molecule has 136 valence electrons. The lowest BCUT2D eigenvalue weighted by Crippen LogP contribution is -2.45. The Labute approximate surface area is 150 Å². The molecule has 1 atom stereocenters. The van der Waals surface area contributed by atoms with Crippen LogP contribution in [0, 0.1) is 5.41 Å². The Hall–Kier alpha value is -2.10. The summed E-state index contributed by atoms with van der Waals surface area (Å²) in [6.45, 7) is 3.79. The molecule has 10 heteroatoms. The van der Waals surface area contributed by atoms with Crippen molar-refractivity contribution in [2.24, 2.45) is 0 Å². The monoisotopic (exact) mass is 368 g/mol. The number of halogens is 1. The van der Waals surface area contributed by atoms with Gasteiger partial charge in [0.1, 0.15) is 23.4 Å². The first-order chi connectivity index (χ1) is 12.1. The number of methoxy groups -OCH3 is 1. The number of anilines is 2. The summed E-state index contributed by atoms with van der Waals surface area (Å²) in [7, 11) is 1.59. The first-order valence-electron chi connectivity index (χ1n) is 7.90. The summed E-state index contributed by atoms with van der Waals surface area (Å²) in [4.78, 5) is 8.53. The van der Waals surface area contributed by atoms with Gasteiger partial charge in [0.05, 0.1) is 25.5 Å². The minimum atomic E-state index is -0.262. The van der Waals surface area contributed by atoms with E-state index in [4.69, 9.17) is 31.2 Å². The number of ether oxygens (including phenoxy) is 3. The molecule has 1 unspecified atom stereocenters. The van der Waals surface area contributed by atoms with Crippen molar-refractivity contribution in [3.8, 4) is 0 Å². The fourth-order valence-electron chi connectivity index (χ4n) is 2.35. The largest absolute Gasteiger partial charge is 0.474 e. The molecule has 1 saturated heterocycles. The number of hydrogen-bond acceptors (Lipinski definition) is 9. The zero-order valence-electron chi connectivity index (χ0n) is 14.1. The van der Waals surface area contributed by atoms with E-state index in [0.717, 1.165) is 5.70 Å². The van der Waals surface area contributed by atoms with Gasteiger partial charge in [-0.15, -0.1) is 0 Å². The maximum atomic E-state index is 8.28. The molecule has 0 radical (unpaired) electrons. The van der Waals surface area contributed by atoms with Crippen molar-refractivity contribution >= 4 is 29.3 Å². The number of rotatable bonds is 3. The quantitative estimate of drug-likeness (QED) is 0.629. The number of fused-ring (bicyclic) bond motifs is 2. The standard InChI is InChI=1S/C15H21ClN6O3/c1-8(20-9-5-24-6-9)12-13(17)25-7-10(23-2)3-18-14-11(16)4-19-15(21-12)22-14/h4,9-10,17,20H,3,5-7H2,1-2H3,(H2,18,19,21,22)/b12-8+,17-13?. The summed E-state index contributed by atoms with van der Waals surface area (Å²) >= 11 is 6.14. The molecule has 2 bridgehead atoms. The average Bonchev–Trinajstić information content (AvgIpc) is 2.59. The van der Waals surface area contributed by atoms with E-state index in [1.165, 1.54) is 6.20 Å². The molecule has 3 heterocycles. The first-order valence-corrected chi connectivity index (χ1v) is 8.27. The second kappa shape index (κ2) is 7.85. The molecule has 0 saturated carbocycles. The third-order valence-electron chi connectivity index (χ3n) is 3.89. The average molecular weight is 369 g/mol. The zero-order valence-corrected chi connectivity index (χ0v) is 14.8. The highest BCUT2D eigenvalue weighted by molar-refractivity contribution is 6.32. The SMILES string of the molecule is COC1CNc2nc(ncc2Cl)N/C(=C(\C)NC2COC2)C(=N)OC1. The van der Waals surface area contributed by atoms with Crippen LogP contribution in [0.5, 0.6) is 0 Å². The molecule has 1 aromatic rings. The Morgan fingerprint density at radius 2 is 2.24 bits per heavy atom. The van der Waals surface area contributed by atoms with Crippen LogP contribution >= 0.6 is 11.6 Å². The minimum Gasteiger partial charge on any atom is -0.474 e. The number of aromatic nitrogens is 2.